The number of benzene rings is 2. The van der Waals surface area contributed by atoms with Gasteiger partial charge >= 0.3 is 0 Å². The van der Waals surface area contributed by atoms with Crippen molar-refractivity contribution in [2.24, 2.45) is 0 Å². The number of halogens is 1. The van der Waals surface area contributed by atoms with Crippen molar-refractivity contribution < 1.29 is 0 Å². The average molecular weight is 498 g/mol. The maximum Gasteiger partial charge on any atom is 0.148 e. The van der Waals surface area contributed by atoms with E-state index in [2.05, 4.69) is 67.4 Å². The fraction of sp³-hybridized carbons (Fsp3) is 0.321. The van der Waals surface area contributed by atoms with Crippen LogP contribution in [0.15, 0.2) is 48.5 Å². The summed E-state index contributed by atoms with van der Waals surface area (Å²) in [6.07, 6.45) is 2.39. The van der Waals surface area contributed by atoms with Crippen molar-refractivity contribution in [3.8, 4) is 23.2 Å². The lowest BCUT2D eigenvalue weighted by Gasteiger charge is -2.32. The van der Waals surface area contributed by atoms with Crippen LogP contribution in [0, 0.1) is 11.8 Å². The number of fused-ring (bicyclic) bond motifs is 1. The Bertz CT molecular complexity index is 1440. The molecule has 2 aliphatic rings. The standard InChI is InChI=1S/C28H28ClN7/c1-35-12-14-36(15-13-35)18-19-2-10-25-26(16-19)32-28(31-25)21-4-9-24(29)20(17-21)3-5-23-8-11-27(34-33-23)30-22-6-7-22/h2,4,8-11,16-17,22H,6-7,12-15,18H2,1H3,(H,30,34)(H,31,32). The number of piperazine rings is 1. The number of H-pyrrole nitrogens is 1. The van der Waals surface area contributed by atoms with Crippen molar-refractivity contribution in [3.63, 3.8) is 0 Å². The van der Waals surface area contributed by atoms with Crippen molar-refractivity contribution >= 4 is 28.5 Å². The summed E-state index contributed by atoms with van der Waals surface area (Å²) in [7, 11) is 2.18. The van der Waals surface area contributed by atoms with Crippen LogP contribution in [0.4, 0.5) is 5.82 Å². The van der Waals surface area contributed by atoms with E-state index < -0.39 is 0 Å². The van der Waals surface area contributed by atoms with E-state index in [9.17, 15) is 0 Å². The first kappa shape index (κ1) is 23.0. The summed E-state index contributed by atoms with van der Waals surface area (Å²) in [4.78, 5) is 13.2. The number of hydrogen-bond acceptors (Lipinski definition) is 6. The number of rotatable bonds is 5. The zero-order valence-corrected chi connectivity index (χ0v) is 21.0. The zero-order chi connectivity index (χ0) is 24.5. The van der Waals surface area contributed by atoms with Gasteiger partial charge < -0.3 is 15.2 Å². The van der Waals surface area contributed by atoms with E-state index >= 15 is 0 Å². The number of nitrogens with zero attached hydrogens (tertiary/aromatic N) is 5. The number of nitrogens with one attached hydrogen (secondary N) is 2. The van der Waals surface area contributed by atoms with Crippen LogP contribution in [0.5, 0.6) is 0 Å². The molecule has 0 radical (unpaired) electrons. The highest BCUT2D eigenvalue weighted by Crippen LogP contribution is 2.26. The first-order chi connectivity index (χ1) is 17.6. The maximum absolute atomic E-state index is 6.45. The van der Waals surface area contributed by atoms with Crippen LogP contribution in [0.1, 0.15) is 29.7 Å². The van der Waals surface area contributed by atoms with E-state index in [0.29, 0.717) is 16.8 Å². The number of aromatic amines is 1. The zero-order valence-electron chi connectivity index (χ0n) is 20.3. The quantitative estimate of drug-likeness (QED) is 0.398. The second-order valence-electron chi connectivity index (χ2n) is 9.68. The first-order valence-corrected chi connectivity index (χ1v) is 12.8. The molecule has 0 spiro atoms. The molecule has 0 bridgehead atoms. The van der Waals surface area contributed by atoms with Gasteiger partial charge in [-0.1, -0.05) is 23.6 Å². The van der Waals surface area contributed by atoms with E-state index in [1.807, 2.05) is 30.3 Å². The molecule has 8 heteroatoms. The minimum Gasteiger partial charge on any atom is -0.366 e. The molecule has 2 fully saturated rings. The SMILES string of the molecule is CN1CCN(Cc2ccc3nc(-c4ccc(Cl)c(C#Cc5ccc(NC6CC6)nn5)c4)[nH]c3c2)CC1. The minimum atomic E-state index is 0.541. The Morgan fingerprint density at radius 2 is 1.86 bits per heavy atom. The molecule has 182 valence electrons. The molecule has 2 N–H and O–H groups in total. The van der Waals surface area contributed by atoms with Crippen molar-refractivity contribution in [2.45, 2.75) is 25.4 Å². The molecule has 0 atom stereocenters. The molecule has 1 saturated carbocycles. The Morgan fingerprint density at radius 1 is 1.00 bits per heavy atom. The summed E-state index contributed by atoms with van der Waals surface area (Å²) >= 11 is 6.45. The first-order valence-electron chi connectivity index (χ1n) is 12.4. The molecular weight excluding hydrogens is 470 g/mol. The van der Waals surface area contributed by atoms with E-state index in [1.165, 1.54) is 18.4 Å². The third-order valence-corrected chi connectivity index (χ3v) is 7.04. The lowest BCUT2D eigenvalue weighted by molar-refractivity contribution is 0.148. The maximum atomic E-state index is 6.45. The molecule has 2 aromatic heterocycles. The summed E-state index contributed by atoms with van der Waals surface area (Å²) in [6.45, 7) is 5.40. The number of imidazole rings is 1. The van der Waals surface area contributed by atoms with Crippen LogP contribution in [0.2, 0.25) is 5.02 Å². The topological polar surface area (TPSA) is 73.0 Å². The molecule has 1 aliphatic carbocycles. The summed E-state index contributed by atoms with van der Waals surface area (Å²) in [5, 5.41) is 12.4. The molecule has 2 aromatic carbocycles. The smallest absolute Gasteiger partial charge is 0.148 e. The van der Waals surface area contributed by atoms with Gasteiger partial charge in [-0.2, -0.15) is 0 Å². The van der Waals surface area contributed by atoms with Gasteiger partial charge in [-0.25, -0.2) is 4.98 Å². The van der Waals surface area contributed by atoms with E-state index in [0.717, 1.165) is 66.5 Å². The number of aromatic nitrogens is 4. The molecule has 36 heavy (non-hydrogen) atoms. The molecule has 0 amide bonds. The molecule has 1 aliphatic heterocycles. The lowest BCUT2D eigenvalue weighted by Crippen LogP contribution is -2.43. The molecule has 3 heterocycles. The molecule has 1 saturated heterocycles. The predicted octanol–water partition coefficient (Wildman–Crippen LogP) is 4.39. The number of likely N-dealkylation sites (N-methyl/N-ethyl adjacent to an activating group) is 1. The summed E-state index contributed by atoms with van der Waals surface area (Å²) < 4.78 is 0. The van der Waals surface area contributed by atoms with Crippen LogP contribution in [0.3, 0.4) is 0 Å². The Balaban J connectivity index is 1.20. The highest BCUT2D eigenvalue weighted by molar-refractivity contribution is 6.31. The average Bonchev–Trinajstić information content (AvgIpc) is 3.61. The van der Waals surface area contributed by atoms with Gasteiger partial charge in [0.2, 0.25) is 0 Å². The van der Waals surface area contributed by atoms with Crippen LogP contribution in [-0.2, 0) is 6.54 Å². The molecule has 7 nitrogen and oxygen atoms in total. The normalized spacial score (nSPS) is 16.6. The molecule has 4 aromatic rings. The molecule has 6 rings (SSSR count). The van der Waals surface area contributed by atoms with Gasteiger partial charge in [-0.3, -0.25) is 4.90 Å². The van der Waals surface area contributed by atoms with Gasteiger partial charge in [0.15, 0.2) is 0 Å². The third kappa shape index (κ3) is 5.36. The van der Waals surface area contributed by atoms with E-state index in [1.54, 1.807) is 0 Å². The summed E-state index contributed by atoms with van der Waals surface area (Å²) in [6, 6.07) is 16.6. The van der Waals surface area contributed by atoms with Gasteiger partial charge in [-0.15, -0.1) is 10.2 Å². The fourth-order valence-corrected chi connectivity index (χ4v) is 4.53. The second kappa shape index (κ2) is 9.90. The number of hydrogen-bond donors (Lipinski definition) is 2. The Kier molecular flexibility index (Phi) is 6.32. The van der Waals surface area contributed by atoms with Gasteiger partial charge in [0.1, 0.15) is 17.3 Å². The van der Waals surface area contributed by atoms with Crippen molar-refractivity contribution in [1.82, 2.24) is 30.0 Å². The van der Waals surface area contributed by atoms with Crippen molar-refractivity contribution in [2.75, 3.05) is 38.5 Å². The molecule has 0 unspecified atom stereocenters. The Morgan fingerprint density at radius 3 is 2.64 bits per heavy atom. The van der Waals surface area contributed by atoms with Crippen LogP contribution in [0.25, 0.3) is 22.4 Å². The van der Waals surface area contributed by atoms with Gasteiger partial charge in [0, 0.05) is 49.9 Å². The van der Waals surface area contributed by atoms with E-state index in [-0.39, 0.29) is 0 Å². The van der Waals surface area contributed by atoms with Gasteiger partial charge in [0.25, 0.3) is 0 Å². The second-order valence-corrected chi connectivity index (χ2v) is 10.1. The van der Waals surface area contributed by atoms with Gasteiger partial charge in [0.05, 0.1) is 16.1 Å². The summed E-state index contributed by atoms with van der Waals surface area (Å²) in [5.41, 5.74) is 5.56. The highest BCUT2D eigenvalue weighted by atomic mass is 35.5. The summed E-state index contributed by atoms with van der Waals surface area (Å²) in [5.74, 6) is 7.82. The van der Waals surface area contributed by atoms with Gasteiger partial charge in [-0.05, 0) is 73.8 Å². The van der Waals surface area contributed by atoms with Crippen LogP contribution in [-0.4, -0.2) is 69.2 Å². The van der Waals surface area contributed by atoms with Crippen LogP contribution < -0.4 is 5.32 Å². The van der Waals surface area contributed by atoms with E-state index in [4.69, 9.17) is 16.6 Å². The van der Waals surface area contributed by atoms with Crippen molar-refractivity contribution in [3.05, 3.63) is 70.4 Å². The minimum absolute atomic E-state index is 0.541. The molecular formula is C28H28ClN7. The Hall–Kier alpha value is -3.44. The lowest BCUT2D eigenvalue weighted by atomic mass is 10.1. The third-order valence-electron chi connectivity index (χ3n) is 6.71. The Labute approximate surface area is 215 Å². The van der Waals surface area contributed by atoms with Crippen LogP contribution >= 0.6 is 11.6 Å². The largest absolute Gasteiger partial charge is 0.366 e. The van der Waals surface area contributed by atoms with Crippen molar-refractivity contribution in [1.29, 1.82) is 0 Å². The predicted molar refractivity (Wildman–Crippen MR) is 144 cm³/mol. The highest BCUT2D eigenvalue weighted by Gasteiger charge is 2.21. The number of anilines is 1. The monoisotopic (exact) mass is 497 g/mol. The fourth-order valence-electron chi connectivity index (χ4n) is 4.37.